The number of aryl methyl sites for hydroxylation is 2. The van der Waals surface area contributed by atoms with E-state index >= 15 is 0 Å². The quantitative estimate of drug-likeness (QED) is 0.276. The molecule has 3 aromatic rings. The van der Waals surface area contributed by atoms with Crippen molar-refractivity contribution in [1.82, 2.24) is 5.32 Å². The van der Waals surface area contributed by atoms with E-state index in [1.165, 1.54) is 0 Å². The van der Waals surface area contributed by atoms with Gasteiger partial charge in [0.15, 0.2) is 0 Å². The highest BCUT2D eigenvalue weighted by atomic mass is 19.1. The summed E-state index contributed by atoms with van der Waals surface area (Å²) >= 11 is 0. The van der Waals surface area contributed by atoms with E-state index in [2.05, 4.69) is 5.32 Å². The van der Waals surface area contributed by atoms with Crippen molar-refractivity contribution in [1.29, 1.82) is 0 Å². The largest absolute Gasteiger partial charge is 0.478 e. The van der Waals surface area contributed by atoms with E-state index in [-0.39, 0.29) is 29.6 Å². The summed E-state index contributed by atoms with van der Waals surface area (Å²) in [6.07, 6.45) is 0.300. The second kappa shape index (κ2) is 12.5. The maximum atomic E-state index is 14.2. The maximum Gasteiger partial charge on any atom is 0.335 e. The van der Waals surface area contributed by atoms with E-state index in [0.29, 0.717) is 30.5 Å². The Morgan fingerprint density at radius 2 is 1.84 bits per heavy atom. The molecule has 2 atom stereocenters. The molecule has 0 amide bonds. The van der Waals surface area contributed by atoms with E-state index in [1.807, 2.05) is 76.2 Å². The monoisotopic (exact) mass is 507 g/mol. The lowest BCUT2D eigenvalue weighted by Gasteiger charge is -2.28. The molecule has 0 bridgehead atoms. The number of benzene rings is 3. The molecule has 6 heteroatoms. The Bertz CT molecular complexity index is 1220. The van der Waals surface area contributed by atoms with Gasteiger partial charge in [-0.05, 0) is 86.1 Å². The highest BCUT2D eigenvalue weighted by molar-refractivity contribution is 5.90. The number of aromatic carboxylic acids is 1. The van der Waals surface area contributed by atoms with Gasteiger partial charge in [-0.15, -0.1) is 0 Å². The van der Waals surface area contributed by atoms with Crippen LogP contribution >= 0.6 is 0 Å². The first-order valence-electron chi connectivity index (χ1n) is 12.8. The van der Waals surface area contributed by atoms with E-state index in [9.17, 15) is 19.4 Å². The van der Waals surface area contributed by atoms with Gasteiger partial charge in [0, 0.05) is 12.1 Å². The summed E-state index contributed by atoms with van der Waals surface area (Å²) in [6, 6.07) is 18.5. The summed E-state index contributed by atoms with van der Waals surface area (Å²) < 4.78 is 20.2. The van der Waals surface area contributed by atoms with Crippen molar-refractivity contribution in [3.63, 3.8) is 0 Å². The van der Waals surface area contributed by atoms with Crippen molar-refractivity contribution in [2.75, 3.05) is 13.2 Å². The van der Waals surface area contributed by atoms with Gasteiger partial charge in [-0.1, -0.05) is 55.5 Å². The Labute approximate surface area is 219 Å². The average molecular weight is 508 g/mol. The summed E-state index contributed by atoms with van der Waals surface area (Å²) in [6.45, 7) is 10.2. The van der Waals surface area contributed by atoms with Crippen LogP contribution in [0.5, 0.6) is 0 Å². The topological polar surface area (TPSA) is 78.8 Å². The summed E-state index contributed by atoms with van der Waals surface area (Å²) in [5.74, 6) is -1.12. The number of nitrogens with one attached hydrogen (secondary N) is 1. The molecule has 0 spiro atoms. The van der Waals surface area contributed by atoms with Crippen molar-refractivity contribution in [2.45, 2.75) is 65.2 Å². The average Bonchev–Trinajstić information content (AvgIpc) is 2.85. The number of rotatable bonds is 12. The van der Waals surface area contributed by atoms with Crippen LogP contribution in [-0.2, 0) is 17.6 Å². The molecule has 1 unspecified atom stereocenters. The Kier molecular flexibility index (Phi) is 9.60. The number of aliphatic hydroxyl groups is 1. The first-order chi connectivity index (χ1) is 17.5. The zero-order valence-electron chi connectivity index (χ0n) is 22.3. The number of β-amino-alcohol motifs (C(OH)–C–C–N with tert-alkyl or cyclic N) is 1. The zero-order valence-corrected chi connectivity index (χ0v) is 22.3. The number of carboxylic acid groups (broad SMARTS) is 1. The van der Waals surface area contributed by atoms with Crippen LogP contribution in [0, 0.1) is 12.7 Å². The molecule has 3 aromatic carbocycles. The third-order valence-electron chi connectivity index (χ3n) is 6.67. The SMILES string of the molecule is CCc1ccc(CC(C)(C)NC[C@H](O)COC(C)c2ccccc2-c2ccc(C(=O)O)c(C)c2)cc1F. The number of hydrogen-bond donors (Lipinski definition) is 3. The summed E-state index contributed by atoms with van der Waals surface area (Å²) in [5, 5.41) is 23.3. The fourth-order valence-electron chi connectivity index (χ4n) is 4.54. The fraction of sp³-hybridized carbons (Fsp3) is 0.387. The molecule has 0 aromatic heterocycles. The first-order valence-corrected chi connectivity index (χ1v) is 12.8. The van der Waals surface area contributed by atoms with Gasteiger partial charge in [-0.3, -0.25) is 0 Å². The van der Waals surface area contributed by atoms with Gasteiger partial charge in [-0.2, -0.15) is 0 Å². The number of ether oxygens (including phenoxy) is 1. The van der Waals surface area contributed by atoms with Crippen LogP contribution in [0.15, 0.2) is 60.7 Å². The Morgan fingerprint density at radius 3 is 2.49 bits per heavy atom. The highest BCUT2D eigenvalue weighted by Gasteiger charge is 2.21. The van der Waals surface area contributed by atoms with Crippen LogP contribution in [0.25, 0.3) is 11.1 Å². The van der Waals surface area contributed by atoms with Gasteiger partial charge in [0.05, 0.1) is 24.4 Å². The van der Waals surface area contributed by atoms with Crippen LogP contribution in [0.4, 0.5) is 4.39 Å². The minimum absolute atomic E-state index is 0.148. The normalized spacial score (nSPS) is 13.4. The van der Waals surface area contributed by atoms with Crippen molar-refractivity contribution < 1.29 is 24.1 Å². The van der Waals surface area contributed by atoms with Crippen LogP contribution < -0.4 is 5.32 Å². The van der Waals surface area contributed by atoms with Crippen LogP contribution in [0.3, 0.4) is 0 Å². The summed E-state index contributed by atoms with van der Waals surface area (Å²) in [5.41, 5.74) is 5.11. The van der Waals surface area contributed by atoms with Crippen molar-refractivity contribution >= 4 is 5.97 Å². The fourth-order valence-corrected chi connectivity index (χ4v) is 4.54. The van der Waals surface area contributed by atoms with Gasteiger partial charge < -0.3 is 20.3 Å². The minimum atomic E-state index is -0.943. The number of aliphatic hydroxyl groups excluding tert-OH is 1. The standard InChI is InChI=1S/C31H38FNO4/c1-6-23-12-11-22(16-29(23)32)17-31(4,5)33-18-25(34)19-37-21(3)27-9-7-8-10-28(27)24-13-14-26(30(35)36)20(2)15-24/h7-16,21,25,33-34H,6,17-19H2,1-5H3,(H,35,36)/t21?,25-/m0/s1. The van der Waals surface area contributed by atoms with Crippen LogP contribution in [0.1, 0.15) is 66.4 Å². The predicted octanol–water partition coefficient (Wildman–Crippen LogP) is 6.11. The number of halogens is 1. The number of hydrogen-bond acceptors (Lipinski definition) is 4. The number of carboxylic acids is 1. The Morgan fingerprint density at radius 1 is 1.11 bits per heavy atom. The molecule has 0 heterocycles. The van der Waals surface area contributed by atoms with E-state index < -0.39 is 12.1 Å². The maximum absolute atomic E-state index is 14.2. The second-order valence-electron chi connectivity index (χ2n) is 10.3. The molecule has 37 heavy (non-hydrogen) atoms. The van der Waals surface area contributed by atoms with Gasteiger partial charge >= 0.3 is 5.97 Å². The van der Waals surface area contributed by atoms with Crippen molar-refractivity contribution in [3.05, 3.63) is 94.3 Å². The summed E-state index contributed by atoms with van der Waals surface area (Å²) in [4.78, 5) is 11.4. The molecule has 0 saturated carbocycles. The molecule has 0 aliphatic heterocycles. The smallest absolute Gasteiger partial charge is 0.335 e. The first kappa shape index (κ1) is 28.5. The molecule has 0 saturated heterocycles. The molecular weight excluding hydrogens is 469 g/mol. The van der Waals surface area contributed by atoms with Crippen LogP contribution in [0.2, 0.25) is 0 Å². The Hall–Kier alpha value is -3.06. The lowest BCUT2D eigenvalue weighted by molar-refractivity contribution is -0.00397. The molecule has 0 radical (unpaired) electrons. The molecule has 3 rings (SSSR count). The molecule has 3 N–H and O–H groups in total. The minimum Gasteiger partial charge on any atom is -0.478 e. The molecule has 0 fully saturated rings. The highest BCUT2D eigenvalue weighted by Crippen LogP contribution is 2.31. The van der Waals surface area contributed by atoms with E-state index in [0.717, 1.165) is 22.3 Å². The number of carbonyl (C=O) groups is 1. The van der Waals surface area contributed by atoms with Crippen molar-refractivity contribution in [3.8, 4) is 11.1 Å². The molecule has 0 aliphatic rings. The third-order valence-corrected chi connectivity index (χ3v) is 6.67. The lowest BCUT2D eigenvalue weighted by atomic mass is 9.93. The molecule has 0 aliphatic carbocycles. The van der Waals surface area contributed by atoms with E-state index in [4.69, 9.17) is 4.74 Å². The van der Waals surface area contributed by atoms with Gasteiger partial charge in [0.1, 0.15) is 5.82 Å². The van der Waals surface area contributed by atoms with Gasteiger partial charge in [0.25, 0.3) is 0 Å². The summed E-state index contributed by atoms with van der Waals surface area (Å²) in [7, 11) is 0. The van der Waals surface area contributed by atoms with Gasteiger partial charge in [0.2, 0.25) is 0 Å². The second-order valence-corrected chi connectivity index (χ2v) is 10.3. The van der Waals surface area contributed by atoms with Crippen molar-refractivity contribution in [2.24, 2.45) is 0 Å². The lowest BCUT2D eigenvalue weighted by Crippen LogP contribution is -2.46. The molecule has 198 valence electrons. The molecular formula is C31H38FNO4. The molecule has 5 nitrogen and oxygen atoms in total. The zero-order chi connectivity index (χ0) is 27.2. The predicted molar refractivity (Wildman–Crippen MR) is 146 cm³/mol. The van der Waals surface area contributed by atoms with Crippen LogP contribution in [-0.4, -0.2) is 41.0 Å². The Balaban J connectivity index is 1.58. The third kappa shape index (κ3) is 7.71. The van der Waals surface area contributed by atoms with Gasteiger partial charge in [-0.25, -0.2) is 9.18 Å². The van der Waals surface area contributed by atoms with E-state index in [1.54, 1.807) is 19.1 Å².